The Hall–Kier alpha value is -2.88. The molecule has 0 spiro atoms. The van der Waals surface area contributed by atoms with Crippen LogP contribution in [0.25, 0.3) is 6.08 Å². The van der Waals surface area contributed by atoms with Crippen LogP contribution in [-0.2, 0) is 0 Å². The predicted molar refractivity (Wildman–Crippen MR) is 108 cm³/mol. The van der Waals surface area contributed by atoms with E-state index in [0.29, 0.717) is 26.9 Å². The molecule has 0 radical (unpaired) electrons. The van der Waals surface area contributed by atoms with E-state index in [0.717, 1.165) is 5.56 Å². The zero-order valence-electron chi connectivity index (χ0n) is 14.1. The second-order valence-electron chi connectivity index (χ2n) is 5.64. The summed E-state index contributed by atoms with van der Waals surface area (Å²) in [6.07, 6.45) is 3.12. The van der Waals surface area contributed by atoms with Gasteiger partial charge in [-0.1, -0.05) is 41.4 Å². The minimum Gasteiger partial charge on any atom is -0.423 e. The van der Waals surface area contributed by atoms with Crippen LogP contribution in [-0.4, -0.2) is 11.8 Å². The summed E-state index contributed by atoms with van der Waals surface area (Å²) in [5.41, 5.74) is 1.63. The molecule has 0 aromatic heterocycles. The van der Waals surface area contributed by atoms with Crippen LogP contribution >= 0.6 is 23.2 Å². The molecule has 0 N–H and O–H groups in total. The van der Waals surface area contributed by atoms with Crippen molar-refractivity contribution in [3.05, 3.63) is 106 Å². The van der Waals surface area contributed by atoms with Crippen LogP contribution in [0.5, 0.6) is 5.75 Å². The van der Waals surface area contributed by atoms with Gasteiger partial charge in [-0.05, 0) is 72.3 Å². The molecule has 3 aromatic carbocycles. The number of carbonyl (C=O) groups excluding carboxylic acids is 2. The van der Waals surface area contributed by atoms with Crippen molar-refractivity contribution < 1.29 is 14.3 Å². The van der Waals surface area contributed by atoms with Crippen molar-refractivity contribution >= 4 is 41.0 Å². The summed E-state index contributed by atoms with van der Waals surface area (Å²) in [6, 6.07) is 20.0. The smallest absolute Gasteiger partial charge is 0.343 e. The first-order chi connectivity index (χ1) is 13.0. The molecule has 0 unspecified atom stereocenters. The summed E-state index contributed by atoms with van der Waals surface area (Å²) >= 11 is 11.9. The van der Waals surface area contributed by atoms with Gasteiger partial charge >= 0.3 is 5.97 Å². The van der Waals surface area contributed by atoms with Gasteiger partial charge in [0.1, 0.15) is 5.75 Å². The van der Waals surface area contributed by atoms with Crippen LogP contribution in [0, 0.1) is 0 Å². The number of rotatable bonds is 5. The first kappa shape index (κ1) is 18.9. The van der Waals surface area contributed by atoms with Crippen molar-refractivity contribution in [2.45, 2.75) is 0 Å². The second kappa shape index (κ2) is 8.67. The molecule has 27 heavy (non-hydrogen) atoms. The lowest BCUT2D eigenvalue weighted by molar-refractivity contribution is 0.0734. The van der Waals surface area contributed by atoms with Gasteiger partial charge in [0.25, 0.3) is 0 Å². The Bertz CT molecular complexity index is 991. The maximum atomic E-state index is 12.3. The number of halogens is 2. The lowest BCUT2D eigenvalue weighted by Crippen LogP contribution is -2.08. The van der Waals surface area contributed by atoms with E-state index in [4.69, 9.17) is 27.9 Å². The lowest BCUT2D eigenvalue weighted by Gasteiger charge is -2.05. The second-order valence-corrected chi connectivity index (χ2v) is 6.48. The Morgan fingerprint density at radius 3 is 2.07 bits per heavy atom. The van der Waals surface area contributed by atoms with Gasteiger partial charge in [-0.15, -0.1) is 0 Å². The Labute approximate surface area is 166 Å². The highest BCUT2D eigenvalue weighted by Crippen LogP contribution is 2.18. The molecule has 0 saturated heterocycles. The Kier molecular flexibility index (Phi) is 6.07. The SMILES string of the molecule is O=C(C=Cc1ccccc1Cl)c1ccc(OC(=O)c2ccc(Cl)cc2)cc1. The van der Waals surface area contributed by atoms with E-state index >= 15 is 0 Å². The molecule has 0 atom stereocenters. The number of allylic oxidation sites excluding steroid dienone is 1. The summed E-state index contributed by atoms with van der Waals surface area (Å²) in [4.78, 5) is 24.3. The first-order valence-corrected chi connectivity index (χ1v) is 8.83. The molecular weight excluding hydrogens is 383 g/mol. The molecule has 0 fully saturated rings. The van der Waals surface area contributed by atoms with Crippen molar-refractivity contribution in [3.8, 4) is 5.75 Å². The molecule has 3 rings (SSSR count). The molecular formula is C22H14Cl2O3. The number of esters is 1. The fourth-order valence-electron chi connectivity index (χ4n) is 2.31. The standard InChI is InChI=1S/C22H14Cl2O3/c23-18-10-5-17(6-11-18)22(26)27-19-12-7-16(8-13-19)21(25)14-9-15-3-1-2-4-20(15)24/h1-14H. The van der Waals surface area contributed by atoms with Gasteiger partial charge in [0.2, 0.25) is 0 Å². The van der Waals surface area contributed by atoms with Gasteiger partial charge in [-0.25, -0.2) is 4.79 Å². The predicted octanol–water partition coefficient (Wildman–Crippen LogP) is 6.11. The summed E-state index contributed by atoms with van der Waals surface area (Å²) in [6.45, 7) is 0. The first-order valence-electron chi connectivity index (χ1n) is 8.08. The minimum atomic E-state index is -0.496. The Morgan fingerprint density at radius 2 is 1.41 bits per heavy atom. The monoisotopic (exact) mass is 396 g/mol. The number of hydrogen-bond donors (Lipinski definition) is 0. The topological polar surface area (TPSA) is 43.4 Å². The molecule has 3 nitrogen and oxygen atoms in total. The number of ketones is 1. The van der Waals surface area contributed by atoms with E-state index in [1.165, 1.54) is 6.08 Å². The fourth-order valence-corrected chi connectivity index (χ4v) is 2.64. The van der Waals surface area contributed by atoms with Crippen LogP contribution in [0.15, 0.2) is 78.9 Å². The van der Waals surface area contributed by atoms with E-state index in [2.05, 4.69) is 0 Å². The van der Waals surface area contributed by atoms with Crippen LogP contribution in [0.2, 0.25) is 10.0 Å². The highest BCUT2D eigenvalue weighted by atomic mass is 35.5. The summed E-state index contributed by atoms with van der Waals surface area (Å²) in [7, 11) is 0. The van der Waals surface area contributed by atoms with Gasteiger partial charge in [0.15, 0.2) is 5.78 Å². The molecule has 0 heterocycles. The fraction of sp³-hybridized carbons (Fsp3) is 0. The average Bonchev–Trinajstić information content (AvgIpc) is 2.68. The van der Waals surface area contributed by atoms with Crippen LogP contribution < -0.4 is 4.74 Å². The Morgan fingerprint density at radius 1 is 0.778 bits per heavy atom. The zero-order valence-corrected chi connectivity index (χ0v) is 15.6. The maximum Gasteiger partial charge on any atom is 0.343 e. The Balaban J connectivity index is 1.66. The molecule has 0 aliphatic heterocycles. The van der Waals surface area contributed by atoms with Gasteiger partial charge in [0, 0.05) is 15.6 Å². The van der Waals surface area contributed by atoms with Gasteiger partial charge < -0.3 is 4.74 Å². The normalized spacial score (nSPS) is 10.7. The van der Waals surface area contributed by atoms with E-state index in [9.17, 15) is 9.59 Å². The minimum absolute atomic E-state index is 0.175. The summed E-state index contributed by atoms with van der Waals surface area (Å²) < 4.78 is 5.29. The van der Waals surface area contributed by atoms with E-state index in [-0.39, 0.29) is 5.78 Å². The number of hydrogen-bond acceptors (Lipinski definition) is 3. The number of benzene rings is 3. The van der Waals surface area contributed by atoms with E-state index in [1.54, 1.807) is 60.7 Å². The zero-order chi connectivity index (χ0) is 19.2. The van der Waals surface area contributed by atoms with Crippen molar-refractivity contribution in [2.24, 2.45) is 0 Å². The van der Waals surface area contributed by atoms with E-state index < -0.39 is 5.97 Å². The number of carbonyl (C=O) groups is 2. The molecule has 3 aromatic rings. The summed E-state index contributed by atoms with van der Waals surface area (Å²) in [5.74, 6) is -0.323. The lowest BCUT2D eigenvalue weighted by atomic mass is 10.1. The molecule has 5 heteroatoms. The van der Waals surface area contributed by atoms with E-state index in [1.807, 2.05) is 18.2 Å². The third-order valence-corrected chi connectivity index (χ3v) is 4.34. The van der Waals surface area contributed by atoms with Crippen LogP contribution in [0.3, 0.4) is 0 Å². The molecule has 0 amide bonds. The number of ether oxygens (including phenoxy) is 1. The third-order valence-electron chi connectivity index (χ3n) is 3.75. The average molecular weight is 397 g/mol. The van der Waals surface area contributed by atoms with Crippen molar-refractivity contribution in [1.29, 1.82) is 0 Å². The van der Waals surface area contributed by atoms with Gasteiger partial charge in [-0.3, -0.25) is 4.79 Å². The van der Waals surface area contributed by atoms with Crippen molar-refractivity contribution in [1.82, 2.24) is 0 Å². The highest BCUT2D eigenvalue weighted by Gasteiger charge is 2.09. The molecule has 0 aliphatic carbocycles. The molecule has 0 bridgehead atoms. The molecule has 0 aliphatic rings. The van der Waals surface area contributed by atoms with Crippen molar-refractivity contribution in [3.63, 3.8) is 0 Å². The largest absolute Gasteiger partial charge is 0.423 e. The maximum absolute atomic E-state index is 12.3. The quantitative estimate of drug-likeness (QED) is 0.226. The van der Waals surface area contributed by atoms with Gasteiger partial charge in [0.05, 0.1) is 5.56 Å². The highest BCUT2D eigenvalue weighted by molar-refractivity contribution is 6.32. The third kappa shape index (κ3) is 5.07. The molecule has 134 valence electrons. The van der Waals surface area contributed by atoms with Crippen LogP contribution in [0.4, 0.5) is 0 Å². The van der Waals surface area contributed by atoms with Crippen LogP contribution in [0.1, 0.15) is 26.3 Å². The summed E-state index contributed by atoms with van der Waals surface area (Å²) in [5, 5.41) is 1.12. The van der Waals surface area contributed by atoms with Gasteiger partial charge in [-0.2, -0.15) is 0 Å². The molecule has 0 saturated carbocycles. The van der Waals surface area contributed by atoms with Crippen molar-refractivity contribution in [2.75, 3.05) is 0 Å².